The van der Waals surface area contributed by atoms with Gasteiger partial charge < -0.3 is 9.84 Å². The Kier molecular flexibility index (Phi) is 5.27. The van der Waals surface area contributed by atoms with Gasteiger partial charge in [0, 0.05) is 13.0 Å². The molecule has 0 saturated heterocycles. The Hall–Kier alpha value is -0.860. The van der Waals surface area contributed by atoms with Crippen LogP contribution in [0.2, 0.25) is 0 Å². The summed E-state index contributed by atoms with van der Waals surface area (Å²) in [6.45, 7) is 2.75. The van der Waals surface area contributed by atoms with Gasteiger partial charge in [-0.15, -0.1) is 0 Å². The number of unbranched alkanes of at least 4 members (excludes halogenated alkanes) is 1. The molecular weight excluding hydrogens is 176 g/mol. The summed E-state index contributed by atoms with van der Waals surface area (Å²) in [5.41, 5.74) is 1.11. The fraction of sp³-hybridized carbons (Fsp3) is 0.500. The molecule has 0 fully saturated rings. The quantitative estimate of drug-likeness (QED) is 0.556. The molecule has 0 heterocycles. The van der Waals surface area contributed by atoms with Crippen molar-refractivity contribution in [2.24, 2.45) is 0 Å². The highest BCUT2D eigenvalue weighted by Crippen LogP contribution is 2.04. The molecule has 1 atom stereocenters. The Morgan fingerprint density at radius 1 is 1.29 bits per heavy atom. The first-order valence-corrected chi connectivity index (χ1v) is 5.16. The number of hydrogen-bond donors (Lipinski definition) is 1. The van der Waals surface area contributed by atoms with Gasteiger partial charge in [-0.3, -0.25) is 0 Å². The number of hydrogen-bond acceptors (Lipinski definition) is 2. The standard InChI is InChI=1S/C12H18O2/c1-2-3-9-14-12(13)10-11-7-5-4-6-8-11/h4-8,12-13H,2-3,9-10H2,1H3. The van der Waals surface area contributed by atoms with Crippen molar-refractivity contribution < 1.29 is 9.84 Å². The minimum absolute atomic E-state index is 0.574. The van der Waals surface area contributed by atoms with Crippen molar-refractivity contribution in [3.63, 3.8) is 0 Å². The number of aliphatic hydroxyl groups excluding tert-OH is 1. The zero-order valence-corrected chi connectivity index (χ0v) is 8.65. The lowest BCUT2D eigenvalue weighted by Crippen LogP contribution is -2.15. The van der Waals surface area contributed by atoms with Crippen LogP contribution in [0.25, 0.3) is 0 Å². The second-order valence-corrected chi connectivity index (χ2v) is 3.37. The molecular formula is C12H18O2. The molecule has 14 heavy (non-hydrogen) atoms. The third-order valence-electron chi connectivity index (χ3n) is 2.06. The Labute approximate surface area is 85.5 Å². The molecule has 0 spiro atoms. The third kappa shape index (κ3) is 4.40. The van der Waals surface area contributed by atoms with Crippen LogP contribution in [-0.4, -0.2) is 18.0 Å². The lowest BCUT2D eigenvalue weighted by atomic mass is 10.1. The van der Waals surface area contributed by atoms with Gasteiger partial charge in [-0.25, -0.2) is 0 Å². The van der Waals surface area contributed by atoms with E-state index in [2.05, 4.69) is 6.92 Å². The van der Waals surface area contributed by atoms with Crippen molar-refractivity contribution >= 4 is 0 Å². The highest BCUT2D eigenvalue weighted by Gasteiger charge is 2.04. The molecule has 0 saturated carbocycles. The SMILES string of the molecule is CCCCOC(O)Cc1ccccc1. The second-order valence-electron chi connectivity index (χ2n) is 3.37. The molecule has 0 amide bonds. The molecule has 0 bridgehead atoms. The Morgan fingerprint density at radius 3 is 2.64 bits per heavy atom. The molecule has 0 radical (unpaired) electrons. The summed E-state index contributed by atoms with van der Waals surface area (Å²) >= 11 is 0. The van der Waals surface area contributed by atoms with E-state index in [1.54, 1.807) is 0 Å². The number of benzene rings is 1. The average Bonchev–Trinajstić information content (AvgIpc) is 2.20. The zero-order chi connectivity index (χ0) is 10.2. The van der Waals surface area contributed by atoms with Crippen LogP contribution in [0, 0.1) is 0 Å². The highest BCUT2D eigenvalue weighted by molar-refractivity contribution is 5.14. The minimum Gasteiger partial charge on any atom is -0.368 e. The van der Waals surface area contributed by atoms with Crippen molar-refractivity contribution in [1.82, 2.24) is 0 Å². The van der Waals surface area contributed by atoms with Crippen LogP contribution in [0.4, 0.5) is 0 Å². The largest absolute Gasteiger partial charge is 0.368 e. The molecule has 2 heteroatoms. The predicted molar refractivity (Wildman–Crippen MR) is 57.0 cm³/mol. The van der Waals surface area contributed by atoms with Crippen LogP contribution in [0.1, 0.15) is 25.3 Å². The highest BCUT2D eigenvalue weighted by atomic mass is 16.6. The molecule has 1 unspecified atom stereocenters. The van der Waals surface area contributed by atoms with E-state index in [1.165, 1.54) is 0 Å². The van der Waals surface area contributed by atoms with Gasteiger partial charge in [0.15, 0.2) is 6.29 Å². The maximum Gasteiger partial charge on any atom is 0.158 e. The summed E-state index contributed by atoms with van der Waals surface area (Å²) in [5, 5.41) is 9.51. The van der Waals surface area contributed by atoms with E-state index in [1.807, 2.05) is 30.3 Å². The smallest absolute Gasteiger partial charge is 0.158 e. The van der Waals surface area contributed by atoms with Gasteiger partial charge in [0.25, 0.3) is 0 Å². The monoisotopic (exact) mass is 194 g/mol. The molecule has 78 valence electrons. The van der Waals surface area contributed by atoms with E-state index in [0.717, 1.165) is 18.4 Å². The third-order valence-corrected chi connectivity index (χ3v) is 2.06. The first kappa shape index (κ1) is 11.2. The van der Waals surface area contributed by atoms with Gasteiger partial charge in [-0.2, -0.15) is 0 Å². The summed E-state index contributed by atoms with van der Waals surface area (Å²) in [4.78, 5) is 0. The maximum atomic E-state index is 9.51. The van der Waals surface area contributed by atoms with E-state index in [-0.39, 0.29) is 0 Å². The second kappa shape index (κ2) is 6.57. The molecule has 1 aromatic carbocycles. The van der Waals surface area contributed by atoms with Crippen LogP contribution >= 0.6 is 0 Å². The molecule has 0 aliphatic carbocycles. The molecule has 0 aromatic heterocycles. The summed E-state index contributed by atoms with van der Waals surface area (Å²) in [6.07, 6.45) is 2.01. The van der Waals surface area contributed by atoms with Crippen molar-refractivity contribution in [2.75, 3.05) is 6.61 Å². The summed E-state index contributed by atoms with van der Waals surface area (Å²) in [5.74, 6) is 0. The minimum atomic E-state index is -0.663. The van der Waals surface area contributed by atoms with E-state index in [9.17, 15) is 5.11 Å². The molecule has 0 aliphatic heterocycles. The fourth-order valence-corrected chi connectivity index (χ4v) is 1.24. The van der Waals surface area contributed by atoms with E-state index in [0.29, 0.717) is 13.0 Å². The summed E-state index contributed by atoms with van der Waals surface area (Å²) in [7, 11) is 0. The van der Waals surface area contributed by atoms with Crippen molar-refractivity contribution in [1.29, 1.82) is 0 Å². The predicted octanol–water partition coefficient (Wildman–Crippen LogP) is 2.36. The molecule has 2 nitrogen and oxygen atoms in total. The van der Waals surface area contributed by atoms with Crippen LogP contribution in [0.5, 0.6) is 0 Å². The van der Waals surface area contributed by atoms with E-state index < -0.39 is 6.29 Å². The number of rotatable bonds is 6. The Bertz CT molecular complexity index is 233. The van der Waals surface area contributed by atoms with Gasteiger partial charge in [0.05, 0.1) is 0 Å². The average molecular weight is 194 g/mol. The van der Waals surface area contributed by atoms with Gasteiger partial charge in [0.2, 0.25) is 0 Å². The van der Waals surface area contributed by atoms with Gasteiger partial charge >= 0.3 is 0 Å². The summed E-state index contributed by atoms with van der Waals surface area (Å²) < 4.78 is 5.24. The summed E-state index contributed by atoms with van der Waals surface area (Å²) in [6, 6.07) is 9.88. The zero-order valence-electron chi connectivity index (χ0n) is 8.65. The normalized spacial score (nSPS) is 12.7. The van der Waals surface area contributed by atoms with E-state index in [4.69, 9.17) is 4.74 Å². The van der Waals surface area contributed by atoms with Crippen LogP contribution in [0.15, 0.2) is 30.3 Å². The molecule has 0 aliphatic rings. The van der Waals surface area contributed by atoms with Crippen molar-refractivity contribution in [3.8, 4) is 0 Å². The first-order valence-electron chi connectivity index (χ1n) is 5.16. The van der Waals surface area contributed by atoms with Crippen LogP contribution in [-0.2, 0) is 11.2 Å². The number of ether oxygens (including phenoxy) is 1. The number of aliphatic hydroxyl groups is 1. The first-order chi connectivity index (χ1) is 6.83. The topological polar surface area (TPSA) is 29.5 Å². The van der Waals surface area contributed by atoms with Crippen molar-refractivity contribution in [2.45, 2.75) is 32.5 Å². The lowest BCUT2D eigenvalue weighted by Gasteiger charge is -2.11. The molecule has 1 aromatic rings. The lowest BCUT2D eigenvalue weighted by molar-refractivity contribution is -0.0980. The van der Waals surface area contributed by atoms with Crippen LogP contribution in [0.3, 0.4) is 0 Å². The van der Waals surface area contributed by atoms with Gasteiger partial charge in [-0.05, 0) is 12.0 Å². The Balaban J connectivity index is 2.23. The van der Waals surface area contributed by atoms with E-state index >= 15 is 0 Å². The Morgan fingerprint density at radius 2 is 2.00 bits per heavy atom. The fourth-order valence-electron chi connectivity index (χ4n) is 1.24. The molecule has 1 rings (SSSR count). The van der Waals surface area contributed by atoms with Crippen LogP contribution < -0.4 is 0 Å². The molecule has 1 N–H and O–H groups in total. The van der Waals surface area contributed by atoms with Crippen molar-refractivity contribution in [3.05, 3.63) is 35.9 Å². The van der Waals surface area contributed by atoms with Gasteiger partial charge in [0.1, 0.15) is 0 Å². The van der Waals surface area contributed by atoms with Gasteiger partial charge in [-0.1, -0.05) is 43.7 Å². The maximum absolute atomic E-state index is 9.51.